The standard InChI is InChI=1S/C12H13Cl3O3/c1-2-17-12(16)4-3-5-18-11-7-9(14)8(13)6-10(11)15/h6-7H,2-5H2,1H3. The van der Waals surface area contributed by atoms with Gasteiger partial charge in [-0.3, -0.25) is 4.79 Å². The molecule has 0 fully saturated rings. The minimum absolute atomic E-state index is 0.235. The number of esters is 1. The van der Waals surface area contributed by atoms with Crippen LogP contribution in [0.4, 0.5) is 0 Å². The van der Waals surface area contributed by atoms with Crippen LogP contribution in [0.5, 0.6) is 5.75 Å². The number of hydrogen-bond acceptors (Lipinski definition) is 3. The normalized spacial score (nSPS) is 10.2. The van der Waals surface area contributed by atoms with Crippen LogP contribution < -0.4 is 4.74 Å². The first-order valence-electron chi connectivity index (χ1n) is 5.47. The van der Waals surface area contributed by atoms with Gasteiger partial charge >= 0.3 is 5.97 Å². The Bertz CT molecular complexity index is 421. The summed E-state index contributed by atoms with van der Waals surface area (Å²) >= 11 is 17.6. The van der Waals surface area contributed by atoms with Gasteiger partial charge in [0.15, 0.2) is 0 Å². The molecular weight excluding hydrogens is 298 g/mol. The minimum atomic E-state index is -0.235. The smallest absolute Gasteiger partial charge is 0.305 e. The highest BCUT2D eigenvalue weighted by Gasteiger charge is 2.07. The van der Waals surface area contributed by atoms with E-state index in [1.165, 1.54) is 6.07 Å². The average Bonchev–Trinajstić information content (AvgIpc) is 2.31. The molecule has 1 aromatic rings. The molecule has 0 saturated heterocycles. The van der Waals surface area contributed by atoms with Gasteiger partial charge in [0, 0.05) is 12.5 Å². The second-order valence-electron chi connectivity index (χ2n) is 3.45. The molecule has 0 radical (unpaired) electrons. The van der Waals surface area contributed by atoms with E-state index in [4.69, 9.17) is 44.3 Å². The summed E-state index contributed by atoms with van der Waals surface area (Å²) in [5.74, 6) is 0.219. The van der Waals surface area contributed by atoms with E-state index in [0.717, 1.165) is 0 Å². The maximum Gasteiger partial charge on any atom is 0.305 e. The largest absolute Gasteiger partial charge is 0.492 e. The van der Waals surface area contributed by atoms with Crippen molar-refractivity contribution < 1.29 is 14.3 Å². The zero-order chi connectivity index (χ0) is 13.5. The number of carbonyl (C=O) groups is 1. The summed E-state index contributed by atoms with van der Waals surface area (Å²) in [6.45, 7) is 2.51. The zero-order valence-electron chi connectivity index (χ0n) is 9.84. The highest BCUT2D eigenvalue weighted by molar-refractivity contribution is 6.43. The molecule has 6 heteroatoms. The lowest BCUT2D eigenvalue weighted by Gasteiger charge is -2.09. The van der Waals surface area contributed by atoms with Gasteiger partial charge in [0.05, 0.1) is 28.3 Å². The van der Waals surface area contributed by atoms with E-state index in [1.54, 1.807) is 13.0 Å². The van der Waals surface area contributed by atoms with Gasteiger partial charge in [-0.1, -0.05) is 34.8 Å². The van der Waals surface area contributed by atoms with Gasteiger partial charge in [-0.15, -0.1) is 0 Å². The maximum atomic E-state index is 11.1. The Morgan fingerprint density at radius 3 is 2.50 bits per heavy atom. The third kappa shape index (κ3) is 4.92. The molecular formula is C12H13Cl3O3. The van der Waals surface area contributed by atoms with Crippen LogP contribution in [-0.2, 0) is 9.53 Å². The van der Waals surface area contributed by atoms with Crippen molar-refractivity contribution in [1.82, 2.24) is 0 Å². The molecule has 0 spiro atoms. The Kier molecular flexibility index (Phi) is 6.61. The first-order valence-corrected chi connectivity index (χ1v) is 6.61. The first kappa shape index (κ1) is 15.4. The topological polar surface area (TPSA) is 35.5 Å². The van der Waals surface area contributed by atoms with Gasteiger partial charge in [0.1, 0.15) is 5.75 Å². The van der Waals surface area contributed by atoms with Crippen molar-refractivity contribution in [2.75, 3.05) is 13.2 Å². The molecule has 0 bridgehead atoms. The highest BCUT2D eigenvalue weighted by atomic mass is 35.5. The average molecular weight is 312 g/mol. The number of ether oxygens (including phenoxy) is 2. The van der Waals surface area contributed by atoms with E-state index in [0.29, 0.717) is 46.9 Å². The third-order valence-electron chi connectivity index (χ3n) is 2.06. The molecule has 18 heavy (non-hydrogen) atoms. The number of carbonyl (C=O) groups excluding carboxylic acids is 1. The lowest BCUT2D eigenvalue weighted by Crippen LogP contribution is -2.06. The molecule has 0 atom stereocenters. The van der Waals surface area contributed by atoms with Crippen molar-refractivity contribution in [3.63, 3.8) is 0 Å². The highest BCUT2D eigenvalue weighted by Crippen LogP contribution is 2.33. The van der Waals surface area contributed by atoms with Gasteiger partial charge in [-0.25, -0.2) is 0 Å². The summed E-state index contributed by atoms with van der Waals surface area (Å²) < 4.78 is 10.2. The van der Waals surface area contributed by atoms with Crippen LogP contribution in [0.3, 0.4) is 0 Å². The molecule has 0 aliphatic heterocycles. The third-order valence-corrected chi connectivity index (χ3v) is 3.08. The van der Waals surface area contributed by atoms with Crippen molar-refractivity contribution in [1.29, 1.82) is 0 Å². The Morgan fingerprint density at radius 2 is 1.83 bits per heavy atom. The number of hydrogen-bond donors (Lipinski definition) is 0. The zero-order valence-corrected chi connectivity index (χ0v) is 12.1. The van der Waals surface area contributed by atoms with Crippen molar-refractivity contribution in [3.05, 3.63) is 27.2 Å². The van der Waals surface area contributed by atoms with E-state index in [2.05, 4.69) is 0 Å². The molecule has 0 amide bonds. The van der Waals surface area contributed by atoms with Crippen molar-refractivity contribution in [2.45, 2.75) is 19.8 Å². The van der Waals surface area contributed by atoms with E-state index in [-0.39, 0.29) is 5.97 Å². The van der Waals surface area contributed by atoms with Gasteiger partial charge in [-0.05, 0) is 19.4 Å². The van der Waals surface area contributed by atoms with Crippen molar-refractivity contribution in [3.8, 4) is 5.75 Å². The minimum Gasteiger partial charge on any atom is -0.492 e. The van der Waals surface area contributed by atoms with E-state index in [9.17, 15) is 4.79 Å². The number of benzene rings is 1. The quantitative estimate of drug-likeness (QED) is 0.444. The van der Waals surface area contributed by atoms with Crippen molar-refractivity contribution in [2.24, 2.45) is 0 Å². The van der Waals surface area contributed by atoms with Gasteiger partial charge in [0.2, 0.25) is 0 Å². The van der Waals surface area contributed by atoms with Crippen LogP contribution in [0.25, 0.3) is 0 Å². The Balaban J connectivity index is 2.40. The fraction of sp³-hybridized carbons (Fsp3) is 0.417. The Morgan fingerprint density at radius 1 is 1.17 bits per heavy atom. The second-order valence-corrected chi connectivity index (χ2v) is 4.68. The van der Waals surface area contributed by atoms with E-state index >= 15 is 0 Å². The molecule has 1 aromatic carbocycles. The summed E-state index contributed by atoms with van der Waals surface area (Å²) in [7, 11) is 0. The monoisotopic (exact) mass is 310 g/mol. The molecule has 0 aliphatic rings. The van der Waals surface area contributed by atoms with Crippen LogP contribution in [-0.4, -0.2) is 19.2 Å². The molecule has 0 saturated carbocycles. The lowest BCUT2D eigenvalue weighted by molar-refractivity contribution is -0.143. The molecule has 0 aromatic heterocycles. The van der Waals surface area contributed by atoms with Gasteiger partial charge in [-0.2, -0.15) is 0 Å². The summed E-state index contributed by atoms with van der Waals surface area (Å²) in [5.41, 5.74) is 0. The summed E-state index contributed by atoms with van der Waals surface area (Å²) in [6, 6.07) is 3.07. The van der Waals surface area contributed by atoms with Crippen LogP contribution in [0, 0.1) is 0 Å². The Hall–Kier alpha value is -0.640. The maximum absolute atomic E-state index is 11.1. The first-order chi connectivity index (χ1) is 8.54. The molecule has 0 aliphatic carbocycles. The number of halogens is 3. The molecule has 0 heterocycles. The summed E-state index contributed by atoms with van der Waals surface area (Å²) in [6.07, 6.45) is 0.863. The lowest BCUT2D eigenvalue weighted by atomic mass is 10.3. The second kappa shape index (κ2) is 7.72. The van der Waals surface area contributed by atoms with Gasteiger partial charge < -0.3 is 9.47 Å². The van der Waals surface area contributed by atoms with Crippen LogP contribution >= 0.6 is 34.8 Å². The molecule has 1 rings (SSSR count). The molecule has 3 nitrogen and oxygen atoms in total. The summed E-state index contributed by atoms with van der Waals surface area (Å²) in [5, 5.41) is 1.14. The fourth-order valence-electron chi connectivity index (χ4n) is 1.25. The van der Waals surface area contributed by atoms with E-state index < -0.39 is 0 Å². The number of rotatable bonds is 6. The predicted octanol–water partition coefficient (Wildman–Crippen LogP) is 4.37. The van der Waals surface area contributed by atoms with Gasteiger partial charge in [0.25, 0.3) is 0 Å². The molecule has 0 N–H and O–H groups in total. The van der Waals surface area contributed by atoms with Crippen LogP contribution in [0.1, 0.15) is 19.8 Å². The van der Waals surface area contributed by atoms with E-state index in [1.807, 2.05) is 0 Å². The SMILES string of the molecule is CCOC(=O)CCCOc1cc(Cl)c(Cl)cc1Cl. The molecule has 100 valence electrons. The molecule has 0 unspecified atom stereocenters. The Labute approximate surface area is 121 Å². The fourth-order valence-corrected chi connectivity index (χ4v) is 1.84. The van der Waals surface area contributed by atoms with Crippen LogP contribution in [0.2, 0.25) is 15.1 Å². The predicted molar refractivity (Wildman–Crippen MR) is 72.8 cm³/mol. The summed E-state index contributed by atoms with van der Waals surface area (Å²) in [4.78, 5) is 11.1. The van der Waals surface area contributed by atoms with Crippen molar-refractivity contribution >= 4 is 40.8 Å². The van der Waals surface area contributed by atoms with Crippen LogP contribution in [0.15, 0.2) is 12.1 Å².